The molecule has 6 heteroatoms. The second-order valence-electron chi connectivity index (χ2n) is 5.86. The second kappa shape index (κ2) is 7.25. The number of aldehydes is 1. The lowest BCUT2D eigenvalue weighted by molar-refractivity contribution is 0.111. The quantitative estimate of drug-likeness (QED) is 0.446. The molecule has 0 bridgehead atoms. The van der Waals surface area contributed by atoms with Crippen molar-refractivity contribution in [1.82, 2.24) is 9.38 Å². The van der Waals surface area contributed by atoms with Gasteiger partial charge in [-0.15, -0.1) is 11.3 Å². The lowest BCUT2D eigenvalue weighted by atomic mass is 10.1. The van der Waals surface area contributed by atoms with Crippen LogP contribution in [-0.2, 0) is 0 Å². The molecular formula is C21H18N2O3S. The van der Waals surface area contributed by atoms with Crippen molar-refractivity contribution in [2.24, 2.45) is 0 Å². The van der Waals surface area contributed by atoms with Crippen LogP contribution in [0.4, 0.5) is 0 Å². The highest BCUT2D eigenvalue weighted by atomic mass is 32.1. The van der Waals surface area contributed by atoms with E-state index < -0.39 is 0 Å². The van der Waals surface area contributed by atoms with E-state index in [9.17, 15) is 4.79 Å². The van der Waals surface area contributed by atoms with Gasteiger partial charge in [0.15, 0.2) is 11.2 Å². The van der Waals surface area contributed by atoms with Crippen molar-refractivity contribution in [2.45, 2.75) is 6.92 Å². The third kappa shape index (κ3) is 2.98. The Kier molecular flexibility index (Phi) is 4.64. The van der Waals surface area contributed by atoms with E-state index in [1.807, 2.05) is 65.2 Å². The Balaban J connectivity index is 1.93. The van der Waals surface area contributed by atoms with Gasteiger partial charge in [-0.1, -0.05) is 24.3 Å². The molecule has 136 valence electrons. The molecule has 5 nitrogen and oxygen atoms in total. The highest BCUT2D eigenvalue weighted by molar-refractivity contribution is 7.15. The van der Waals surface area contributed by atoms with Gasteiger partial charge < -0.3 is 9.47 Å². The summed E-state index contributed by atoms with van der Waals surface area (Å²) in [5.41, 5.74) is 3.83. The van der Waals surface area contributed by atoms with Gasteiger partial charge in [-0.3, -0.25) is 9.20 Å². The first-order chi connectivity index (χ1) is 13.3. The molecule has 27 heavy (non-hydrogen) atoms. The van der Waals surface area contributed by atoms with Gasteiger partial charge in [0.05, 0.1) is 19.4 Å². The number of fused-ring (bicyclic) bond motifs is 1. The predicted octanol–water partition coefficient (Wildman–Crippen LogP) is 4.95. The summed E-state index contributed by atoms with van der Waals surface area (Å²) in [7, 11) is 1.62. The topological polar surface area (TPSA) is 52.8 Å². The summed E-state index contributed by atoms with van der Waals surface area (Å²) in [5.74, 6) is 1.51. The van der Waals surface area contributed by atoms with E-state index in [0.717, 1.165) is 39.6 Å². The van der Waals surface area contributed by atoms with E-state index in [1.165, 1.54) is 11.3 Å². The Hall–Kier alpha value is -3.12. The lowest BCUT2D eigenvalue weighted by Crippen LogP contribution is -1.98. The summed E-state index contributed by atoms with van der Waals surface area (Å²) in [6.07, 6.45) is 0.855. The maximum atomic E-state index is 12.0. The number of hydrogen-bond donors (Lipinski definition) is 0. The number of nitrogens with zero attached hydrogens (tertiary/aromatic N) is 2. The van der Waals surface area contributed by atoms with E-state index in [1.54, 1.807) is 7.11 Å². The summed E-state index contributed by atoms with van der Waals surface area (Å²) >= 11 is 1.50. The van der Waals surface area contributed by atoms with Gasteiger partial charge >= 0.3 is 0 Å². The normalized spacial score (nSPS) is 10.9. The fourth-order valence-corrected chi connectivity index (χ4v) is 4.02. The molecule has 4 rings (SSSR count). The highest BCUT2D eigenvalue weighted by Crippen LogP contribution is 2.36. The Morgan fingerprint density at radius 1 is 1.19 bits per heavy atom. The molecule has 0 fully saturated rings. The van der Waals surface area contributed by atoms with Gasteiger partial charge in [-0.2, -0.15) is 0 Å². The van der Waals surface area contributed by atoms with E-state index in [2.05, 4.69) is 0 Å². The molecule has 2 aromatic heterocycles. The number of para-hydroxylation sites is 1. The van der Waals surface area contributed by atoms with Crippen molar-refractivity contribution in [1.29, 1.82) is 0 Å². The number of thiazole rings is 1. The average Bonchev–Trinajstić information content (AvgIpc) is 3.28. The van der Waals surface area contributed by atoms with Gasteiger partial charge in [0.1, 0.15) is 22.9 Å². The van der Waals surface area contributed by atoms with Crippen molar-refractivity contribution in [2.75, 3.05) is 13.7 Å². The van der Waals surface area contributed by atoms with E-state index in [-0.39, 0.29) is 0 Å². The monoisotopic (exact) mass is 378 g/mol. The van der Waals surface area contributed by atoms with Gasteiger partial charge in [-0.05, 0) is 31.2 Å². The molecule has 0 saturated carbocycles. The zero-order valence-corrected chi connectivity index (χ0v) is 15.8. The predicted molar refractivity (Wildman–Crippen MR) is 107 cm³/mol. The molecule has 0 radical (unpaired) electrons. The number of carbonyl (C=O) groups excluding carboxylic acids is 1. The number of benzene rings is 2. The number of aromatic nitrogens is 2. The summed E-state index contributed by atoms with van der Waals surface area (Å²) in [6, 6.07) is 15.4. The van der Waals surface area contributed by atoms with Crippen LogP contribution in [0.15, 0.2) is 53.9 Å². The number of carbonyl (C=O) groups is 1. The van der Waals surface area contributed by atoms with Gasteiger partial charge in [0.25, 0.3) is 0 Å². The zero-order valence-electron chi connectivity index (χ0n) is 15.0. The zero-order chi connectivity index (χ0) is 18.8. The molecule has 0 aliphatic rings. The van der Waals surface area contributed by atoms with Crippen LogP contribution < -0.4 is 9.47 Å². The van der Waals surface area contributed by atoms with Crippen LogP contribution in [-0.4, -0.2) is 29.4 Å². The molecule has 0 N–H and O–H groups in total. The molecule has 0 spiro atoms. The van der Waals surface area contributed by atoms with Crippen molar-refractivity contribution < 1.29 is 14.3 Å². The molecule has 0 atom stereocenters. The summed E-state index contributed by atoms with van der Waals surface area (Å²) in [5, 5.41) is 2.00. The van der Waals surface area contributed by atoms with Crippen LogP contribution in [0, 0.1) is 0 Å². The minimum atomic E-state index is 0.515. The molecule has 0 amide bonds. The first-order valence-corrected chi connectivity index (χ1v) is 9.46. The third-order valence-electron chi connectivity index (χ3n) is 4.32. The third-order valence-corrected chi connectivity index (χ3v) is 5.14. The summed E-state index contributed by atoms with van der Waals surface area (Å²) < 4.78 is 13.0. The molecule has 2 aromatic carbocycles. The van der Waals surface area contributed by atoms with E-state index >= 15 is 0 Å². The van der Waals surface area contributed by atoms with Gasteiger partial charge in [-0.25, -0.2) is 4.98 Å². The van der Waals surface area contributed by atoms with E-state index in [0.29, 0.717) is 18.0 Å². The Morgan fingerprint density at radius 2 is 2.04 bits per heavy atom. The highest BCUT2D eigenvalue weighted by Gasteiger charge is 2.20. The van der Waals surface area contributed by atoms with Crippen molar-refractivity contribution in [3.63, 3.8) is 0 Å². The second-order valence-corrected chi connectivity index (χ2v) is 6.70. The van der Waals surface area contributed by atoms with Crippen molar-refractivity contribution >= 4 is 22.6 Å². The fraction of sp³-hybridized carbons (Fsp3) is 0.143. The van der Waals surface area contributed by atoms with Gasteiger partial charge in [0.2, 0.25) is 0 Å². The molecule has 0 saturated heterocycles. The molecule has 0 aliphatic carbocycles. The maximum Gasteiger partial charge on any atom is 0.195 e. The Labute approximate surface area is 160 Å². The number of ether oxygens (including phenoxy) is 2. The number of hydrogen-bond acceptors (Lipinski definition) is 5. The first-order valence-electron chi connectivity index (χ1n) is 8.58. The number of rotatable bonds is 6. The molecular weight excluding hydrogens is 360 g/mol. The van der Waals surface area contributed by atoms with Crippen LogP contribution in [0.1, 0.15) is 17.4 Å². The average molecular weight is 378 g/mol. The van der Waals surface area contributed by atoms with Crippen molar-refractivity contribution in [3.05, 3.63) is 59.6 Å². The molecule has 4 aromatic rings. The minimum Gasteiger partial charge on any atom is -0.497 e. The smallest absolute Gasteiger partial charge is 0.195 e. The van der Waals surface area contributed by atoms with E-state index in [4.69, 9.17) is 14.5 Å². The van der Waals surface area contributed by atoms with Gasteiger partial charge in [0, 0.05) is 16.5 Å². The van der Waals surface area contributed by atoms with Crippen LogP contribution in [0.5, 0.6) is 11.5 Å². The lowest BCUT2D eigenvalue weighted by Gasteiger charge is -2.10. The minimum absolute atomic E-state index is 0.515. The Bertz CT molecular complexity index is 1110. The van der Waals surface area contributed by atoms with Crippen LogP contribution >= 0.6 is 11.3 Å². The largest absolute Gasteiger partial charge is 0.497 e. The first kappa shape index (κ1) is 17.3. The molecule has 2 heterocycles. The number of methoxy groups -OCH3 is 1. The molecule has 0 aliphatic heterocycles. The summed E-state index contributed by atoms with van der Waals surface area (Å²) in [4.78, 5) is 17.5. The maximum absolute atomic E-state index is 12.0. The fourth-order valence-electron chi connectivity index (χ4n) is 3.12. The van der Waals surface area contributed by atoms with Crippen molar-refractivity contribution in [3.8, 4) is 34.0 Å². The molecule has 0 unspecified atom stereocenters. The summed E-state index contributed by atoms with van der Waals surface area (Å²) in [6.45, 7) is 2.53. The standard InChI is InChI=1S/C21H18N2O3S/c1-3-26-19-10-5-4-9-16(19)18-13-27-21-22-20(17(12-24)23(18)21)14-7-6-8-15(11-14)25-2/h4-13H,3H2,1-2H3. The van der Waals surface area contributed by atoms with Crippen LogP contribution in [0.3, 0.4) is 0 Å². The number of imidazole rings is 1. The van der Waals surface area contributed by atoms with Crippen LogP contribution in [0.25, 0.3) is 27.5 Å². The Morgan fingerprint density at radius 3 is 2.81 bits per heavy atom. The van der Waals surface area contributed by atoms with Crippen LogP contribution in [0.2, 0.25) is 0 Å². The SMILES string of the molecule is CCOc1ccccc1-c1csc2nc(-c3cccc(OC)c3)c(C=O)n12.